The largest absolute Gasteiger partial charge is 0.483 e. The molecule has 2 aromatic rings. The van der Waals surface area contributed by atoms with Gasteiger partial charge in [0.05, 0.1) is 6.10 Å². The Bertz CT molecular complexity index is 886. The molecule has 1 amide bonds. The number of carbonyl (C=O) groups excluding carboxylic acids is 1. The normalized spacial score (nSPS) is 17.1. The fourth-order valence-corrected chi connectivity index (χ4v) is 4.41. The van der Waals surface area contributed by atoms with Gasteiger partial charge in [-0.25, -0.2) is 0 Å². The molecule has 2 N–H and O–H groups in total. The SMILES string of the molecule is CN1CCCc2c(OCC(=O)NCC(O)CN3CCc4ccccc4C3)cccc21. The summed E-state index contributed by atoms with van der Waals surface area (Å²) in [5, 5.41) is 13.2. The van der Waals surface area contributed by atoms with Gasteiger partial charge in [-0.2, -0.15) is 0 Å². The summed E-state index contributed by atoms with van der Waals surface area (Å²) >= 11 is 0. The number of rotatable bonds is 7. The first-order valence-electron chi connectivity index (χ1n) is 10.8. The Kier molecular flexibility index (Phi) is 6.55. The minimum Gasteiger partial charge on any atom is -0.483 e. The third-order valence-corrected chi connectivity index (χ3v) is 6.01. The Morgan fingerprint density at radius 2 is 1.97 bits per heavy atom. The van der Waals surface area contributed by atoms with Gasteiger partial charge in [-0.1, -0.05) is 30.3 Å². The average Bonchev–Trinajstić information content (AvgIpc) is 2.76. The predicted molar refractivity (Wildman–Crippen MR) is 118 cm³/mol. The summed E-state index contributed by atoms with van der Waals surface area (Å²) in [5.74, 6) is 0.571. The van der Waals surface area contributed by atoms with Gasteiger partial charge in [-0.3, -0.25) is 9.69 Å². The van der Waals surface area contributed by atoms with Crippen LogP contribution in [-0.2, 0) is 24.2 Å². The molecule has 0 aliphatic carbocycles. The molecule has 2 heterocycles. The molecule has 0 saturated carbocycles. The molecule has 30 heavy (non-hydrogen) atoms. The van der Waals surface area contributed by atoms with Crippen LogP contribution in [0.3, 0.4) is 0 Å². The van der Waals surface area contributed by atoms with Crippen molar-refractivity contribution in [3.63, 3.8) is 0 Å². The molecule has 0 radical (unpaired) electrons. The number of nitrogens with zero attached hydrogens (tertiary/aromatic N) is 2. The molecule has 4 rings (SSSR count). The van der Waals surface area contributed by atoms with Crippen LogP contribution in [-0.4, -0.2) is 61.9 Å². The highest BCUT2D eigenvalue weighted by Gasteiger charge is 2.20. The van der Waals surface area contributed by atoms with Crippen LogP contribution in [0, 0.1) is 0 Å². The van der Waals surface area contributed by atoms with Gasteiger partial charge in [0.2, 0.25) is 0 Å². The molecule has 2 aliphatic rings. The molecule has 1 atom stereocenters. The number of aliphatic hydroxyl groups excluding tert-OH is 1. The Hall–Kier alpha value is -2.57. The molecule has 6 heteroatoms. The van der Waals surface area contributed by atoms with E-state index in [1.54, 1.807) is 0 Å². The summed E-state index contributed by atoms with van der Waals surface area (Å²) in [4.78, 5) is 16.7. The third-order valence-electron chi connectivity index (χ3n) is 6.01. The van der Waals surface area contributed by atoms with Crippen molar-refractivity contribution in [2.24, 2.45) is 0 Å². The molecule has 0 saturated heterocycles. The molecule has 0 fully saturated rings. The highest BCUT2D eigenvalue weighted by molar-refractivity contribution is 5.77. The fourth-order valence-electron chi connectivity index (χ4n) is 4.41. The van der Waals surface area contributed by atoms with E-state index in [9.17, 15) is 9.90 Å². The highest BCUT2D eigenvalue weighted by Crippen LogP contribution is 2.33. The van der Waals surface area contributed by atoms with E-state index in [4.69, 9.17) is 4.74 Å². The van der Waals surface area contributed by atoms with Crippen molar-refractivity contribution in [3.8, 4) is 5.75 Å². The maximum Gasteiger partial charge on any atom is 0.258 e. The number of amides is 1. The minimum atomic E-state index is -0.600. The second-order valence-electron chi connectivity index (χ2n) is 8.28. The van der Waals surface area contributed by atoms with Crippen LogP contribution >= 0.6 is 0 Å². The van der Waals surface area contributed by atoms with Crippen LogP contribution in [0.25, 0.3) is 0 Å². The lowest BCUT2D eigenvalue weighted by atomic mass is 10.00. The van der Waals surface area contributed by atoms with Crippen molar-refractivity contribution in [1.82, 2.24) is 10.2 Å². The number of fused-ring (bicyclic) bond motifs is 2. The maximum absolute atomic E-state index is 12.2. The first-order valence-corrected chi connectivity index (χ1v) is 10.8. The number of carbonyl (C=O) groups is 1. The quantitative estimate of drug-likeness (QED) is 0.732. The van der Waals surface area contributed by atoms with Crippen LogP contribution in [0.1, 0.15) is 23.1 Å². The van der Waals surface area contributed by atoms with Gasteiger partial charge >= 0.3 is 0 Å². The summed E-state index contributed by atoms with van der Waals surface area (Å²) in [5.41, 5.74) is 5.07. The Balaban J connectivity index is 1.21. The first-order chi connectivity index (χ1) is 14.6. The van der Waals surface area contributed by atoms with Crippen molar-refractivity contribution in [2.75, 3.05) is 44.7 Å². The monoisotopic (exact) mass is 409 g/mol. The summed E-state index contributed by atoms with van der Waals surface area (Å²) in [7, 11) is 2.08. The smallest absolute Gasteiger partial charge is 0.258 e. The molecule has 0 bridgehead atoms. The van der Waals surface area contributed by atoms with Gasteiger partial charge in [-0.15, -0.1) is 0 Å². The maximum atomic E-state index is 12.2. The molecule has 0 aromatic heterocycles. The van der Waals surface area contributed by atoms with Crippen molar-refractivity contribution in [1.29, 1.82) is 0 Å². The number of hydrogen-bond donors (Lipinski definition) is 2. The lowest BCUT2D eigenvalue weighted by Gasteiger charge is -2.30. The number of ether oxygens (including phenoxy) is 1. The number of aliphatic hydroxyl groups is 1. The van der Waals surface area contributed by atoms with E-state index in [1.165, 1.54) is 22.4 Å². The Morgan fingerprint density at radius 3 is 2.83 bits per heavy atom. The average molecular weight is 410 g/mol. The van der Waals surface area contributed by atoms with Gasteiger partial charge < -0.3 is 20.1 Å². The topological polar surface area (TPSA) is 65.0 Å². The zero-order chi connectivity index (χ0) is 20.9. The predicted octanol–water partition coefficient (Wildman–Crippen LogP) is 1.98. The van der Waals surface area contributed by atoms with E-state index in [-0.39, 0.29) is 19.1 Å². The number of nitrogens with one attached hydrogen (secondary N) is 1. The summed E-state index contributed by atoms with van der Waals surface area (Å²) in [6, 6.07) is 14.4. The van der Waals surface area contributed by atoms with E-state index in [0.717, 1.165) is 44.6 Å². The van der Waals surface area contributed by atoms with E-state index >= 15 is 0 Å². The number of β-amino-alcohol motifs (C(OH)–C–C–N with tert-alkyl or cyclic N) is 1. The highest BCUT2D eigenvalue weighted by atomic mass is 16.5. The minimum absolute atomic E-state index is 0.0377. The Labute approximate surface area is 178 Å². The van der Waals surface area contributed by atoms with Crippen LogP contribution < -0.4 is 15.0 Å². The van der Waals surface area contributed by atoms with E-state index < -0.39 is 6.10 Å². The van der Waals surface area contributed by atoms with E-state index in [0.29, 0.717) is 6.54 Å². The van der Waals surface area contributed by atoms with Gasteiger partial charge in [-0.05, 0) is 42.5 Å². The van der Waals surface area contributed by atoms with Crippen molar-refractivity contribution in [2.45, 2.75) is 31.9 Å². The molecule has 1 unspecified atom stereocenters. The lowest BCUT2D eigenvalue weighted by Crippen LogP contribution is -2.42. The second kappa shape index (κ2) is 9.49. The molecule has 160 valence electrons. The van der Waals surface area contributed by atoms with Crippen molar-refractivity contribution in [3.05, 3.63) is 59.2 Å². The van der Waals surface area contributed by atoms with Gasteiger partial charge in [0.1, 0.15) is 5.75 Å². The molecular weight excluding hydrogens is 378 g/mol. The number of hydrogen-bond acceptors (Lipinski definition) is 5. The third kappa shape index (κ3) is 4.94. The molecular formula is C24H31N3O3. The summed E-state index contributed by atoms with van der Waals surface area (Å²) in [6.07, 6.45) is 2.45. The van der Waals surface area contributed by atoms with E-state index in [2.05, 4.69) is 52.5 Å². The molecule has 2 aromatic carbocycles. The number of anilines is 1. The molecule has 0 spiro atoms. The summed E-state index contributed by atoms with van der Waals surface area (Å²) in [6.45, 7) is 3.56. The van der Waals surface area contributed by atoms with Crippen molar-refractivity contribution >= 4 is 11.6 Å². The lowest BCUT2D eigenvalue weighted by molar-refractivity contribution is -0.123. The Morgan fingerprint density at radius 1 is 1.13 bits per heavy atom. The van der Waals surface area contributed by atoms with Crippen molar-refractivity contribution < 1.29 is 14.6 Å². The second-order valence-corrected chi connectivity index (χ2v) is 8.28. The fraction of sp³-hybridized carbons (Fsp3) is 0.458. The van der Waals surface area contributed by atoms with Gasteiger partial charge in [0.15, 0.2) is 6.61 Å². The van der Waals surface area contributed by atoms with Crippen LogP contribution in [0.15, 0.2) is 42.5 Å². The van der Waals surface area contributed by atoms with Gasteiger partial charge in [0, 0.05) is 51.0 Å². The first kappa shape index (κ1) is 20.7. The van der Waals surface area contributed by atoms with Gasteiger partial charge in [0.25, 0.3) is 5.91 Å². The number of benzene rings is 2. The van der Waals surface area contributed by atoms with E-state index in [1.807, 2.05) is 12.1 Å². The van der Waals surface area contributed by atoms with Crippen LogP contribution in [0.2, 0.25) is 0 Å². The molecule has 6 nitrogen and oxygen atoms in total. The summed E-state index contributed by atoms with van der Waals surface area (Å²) < 4.78 is 5.81. The van der Waals surface area contributed by atoms with Crippen LogP contribution in [0.5, 0.6) is 5.75 Å². The molecule has 2 aliphatic heterocycles. The zero-order valence-corrected chi connectivity index (χ0v) is 17.6. The standard InChI is InChI=1S/C24H31N3O3/c1-26-12-5-8-21-22(26)9-4-10-23(21)30-17-24(29)25-14-20(28)16-27-13-11-18-6-2-3-7-19(18)15-27/h2-4,6-7,9-10,20,28H,5,8,11-17H2,1H3,(H,25,29). The zero-order valence-electron chi connectivity index (χ0n) is 17.6. The van der Waals surface area contributed by atoms with Crippen LogP contribution in [0.4, 0.5) is 5.69 Å².